The third kappa shape index (κ3) is 3.53. The van der Waals surface area contributed by atoms with E-state index in [4.69, 9.17) is 9.72 Å². The van der Waals surface area contributed by atoms with Crippen LogP contribution in [0.15, 0.2) is 30.3 Å². The van der Waals surface area contributed by atoms with Crippen LogP contribution in [-0.4, -0.2) is 56.0 Å². The van der Waals surface area contributed by atoms with Gasteiger partial charge in [-0.2, -0.15) is 5.10 Å². The minimum absolute atomic E-state index is 0.323. The molecular weight excluding hydrogens is 457 g/mol. The lowest BCUT2D eigenvalue weighted by atomic mass is 10.0. The van der Waals surface area contributed by atoms with Crippen molar-refractivity contribution >= 4 is 27.6 Å². The lowest BCUT2D eigenvalue weighted by Gasteiger charge is -2.29. The molecule has 184 valence electrons. The first-order valence-electron chi connectivity index (χ1n) is 12.3. The minimum atomic E-state index is -0.323. The lowest BCUT2D eigenvalue weighted by molar-refractivity contribution is 0.122. The van der Waals surface area contributed by atoms with E-state index < -0.39 is 0 Å². The molecule has 0 radical (unpaired) electrons. The number of aromatic nitrogens is 6. The highest BCUT2D eigenvalue weighted by molar-refractivity contribution is 5.98. The van der Waals surface area contributed by atoms with Crippen LogP contribution in [-0.2, 0) is 11.2 Å². The Morgan fingerprint density at radius 3 is 2.56 bits per heavy atom. The summed E-state index contributed by atoms with van der Waals surface area (Å²) in [6, 6.07) is 9.42. The molecule has 3 aromatic heterocycles. The Labute approximate surface area is 208 Å². The first kappa shape index (κ1) is 22.6. The molecule has 1 saturated heterocycles. The Bertz CT molecular complexity index is 1610. The van der Waals surface area contributed by atoms with Gasteiger partial charge in [-0.15, -0.1) is 0 Å². The maximum atomic E-state index is 14.9. The van der Waals surface area contributed by atoms with Gasteiger partial charge in [-0.05, 0) is 51.0 Å². The largest absolute Gasteiger partial charge is 0.378 e. The molecule has 5 aromatic rings. The second kappa shape index (κ2) is 8.67. The molecule has 0 atom stereocenters. The van der Waals surface area contributed by atoms with E-state index in [9.17, 15) is 4.39 Å². The second-order valence-electron chi connectivity index (χ2n) is 9.22. The molecule has 1 N–H and O–H groups in total. The summed E-state index contributed by atoms with van der Waals surface area (Å²) < 4.78 is 22.7. The molecule has 0 saturated carbocycles. The number of aryl methyl sites for hydroxylation is 3. The van der Waals surface area contributed by atoms with Gasteiger partial charge in [-0.1, -0.05) is 19.1 Å². The number of ether oxygens (including phenoxy) is 1. The van der Waals surface area contributed by atoms with Crippen LogP contribution >= 0.6 is 0 Å². The van der Waals surface area contributed by atoms with Crippen LogP contribution < -0.4 is 4.90 Å². The molecule has 1 aliphatic rings. The summed E-state index contributed by atoms with van der Waals surface area (Å²) >= 11 is 0. The van der Waals surface area contributed by atoms with Gasteiger partial charge in [0, 0.05) is 29.9 Å². The summed E-state index contributed by atoms with van der Waals surface area (Å²) in [7, 11) is 0. The zero-order valence-corrected chi connectivity index (χ0v) is 20.9. The number of rotatable bonds is 4. The lowest BCUT2D eigenvalue weighted by Crippen LogP contribution is -2.36. The number of H-pyrrole nitrogens is 1. The van der Waals surface area contributed by atoms with Gasteiger partial charge in [0.25, 0.3) is 0 Å². The van der Waals surface area contributed by atoms with E-state index in [1.165, 1.54) is 6.07 Å². The molecule has 8 nitrogen and oxygen atoms in total. The SMILES string of the molecule is CCc1nc2c(F)cccc2c(-n2c(C)nc3c(-c4n[nH]c(C)n4)cc(N4CCOCC4)cc32)c1C. The molecule has 9 heteroatoms. The minimum Gasteiger partial charge on any atom is -0.378 e. The maximum Gasteiger partial charge on any atom is 0.183 e. The molecule has 36 heavy (non-hydrogen) atoms. The standard InChI is InChI=1S/C27H28FN7O/c1-5-22-15(2)26(19-7-6-8-21(28)24(19)31-22)35-17(4)30-25-20(27-29-16(3)32-33-27)13-18(14-23(25)35)34-9-11-36-12-10-34/h6-8,13-14H,5,9-12H2,1-4H3,(H,29,32,33). The molecule has 0 aliphatic carbocycles. The number of anilines is 1. The van der Waals surface area contributed by atoms with Crippen LogP contribution in [0.3, 0.4) is 0 Å². The quantitative estimate of drug-likeness (QED) is 0.393. The number of benzene rings is 2. The third-order valence-electron chi connectivity index (χ3n) is 6.96. The number of hydrogen-bond donors (Lipinski definition) is 1. The fraction of sp³-hybridized carbons (Fsp3) is 0.333. The summed E-state index contributed by atoms with van der Waals surface area (Å²) in [5.41, 5.74) is 6.83. The van der Waals surface area contributed by atoms with Gasteiger partial charge < -0.3 is 9.64 Å². The number of halogens is 1. The number of nitrogens with one attached hydrogen (secondary N) is 1. The van der Waals surface area contributed by atoms with Crippen molar-refractivity contribution in [3.05, 3.63) is 59.1 Å². The summed E-state index contributed by atoms with van der Waals surface area (Å²) in [5, 5.41) is 8.17. The topological polar surface area (TPSA) is 84.8 Å². The number of hydrogen-bond acceptors (Lipinski definition) is 6. The first-order chi connectivity index (χ1) is 17.5. The number of imidazole rings is 1. The summed E-state index contributed by atoms with van der Waals surface area (Å²) in [5.74, 6) is 1.83. The van der Waals surface area contributed by atoms with Crippen LogP contribution in [0.1, 0.15) is 29.8 Å². The van der Waals surface area contributed by atoms with E-state index in [-0.39, 0.29) is 5.82 Å². The van der Waals surface area contributed by atoms with E-state index in [1.54, 1.807) is 6.07 Å². The van der Waals surface area contributed by atoms with Gasteiger partial charge >= 0.3 is 0 Å². The molecule has 0 spiro atoms. The molecule has 4 heterocycles. The number of nitrogens with zero attached hydrogens (tertiary/aromatic N) is 6. The van der Waals surface area contributed by atoms with Crippen molar-refractivity contribution in [2.75, 3.05) is 31.2 Å². The Morgan fingerprint density at radius 1 is 1.03 bits per heavy atom. The Hall–Kier alpha value is -3.85. The highest BCUT2D eigenvalue weighted by Crippen LogP contribution is 2.37. The monoisotopic (exact) mass is 485 g/mol. The molecule has 0 unspecified atom stereocenters. The smallest absolute Gasteiger partial charge is 0.183 e. The Kier molecular flexibility index (Phi) is 5.44. The van der Waals surface area contributed by atoms with Crippen LogP contribution in [0.4, 0.5) is 10.1 Å². The number of morpholine rings is 1. The van der Waals surface area contributed by atoms with Crippen molar-refractivity contribution < 1.29 is 9.13 Å². The number of para-hydroxylation sites is 1. The highest BCUT2D eigenvalue weighted by Gasteiger charge is 2.24. The van der Waals surface area contributed by atoms with Crippen molar-refractivity contribution in [3.63, 3.8) is 0 Å². The van der Waals surface area contributed by atoms with Gasteiger partial charge in [0.2, 0.25) is 0 Å². The Balaban J connectivity index is 1.71. The molecule has 1 aliphatic heterocycles. The van der Waals surface area contributed by atoms with Gasteiger partial charge in [0.1, 0.15) is 28.5 Å². The van der Waals surface area contributed by atoms with Crippen LogP contribution in [0.25, 0.3) is 39.0 Å². The average Bonchev–Trinajstić information content (AvgIpc) is 3.46. The molecule has 1 fully saturated rings. The number of pyridine rings is 1. The predicted octanol–water partition coefficient (Wildman–Crippen LogP) is 4.82. The van der Waals surface area contributed by atoms with Gasteiger partial charge in [-0.3, -0.25) is 9.67 Å². The van der Waals surface area contributed by atoms with Crippen molar-refractivity contribution in [1.82, 2.24) is 29.7 Å². The maximum absolute atomic E-state index is 14.9. The summed E-state index contributed by atoms with van der Waals surface area (Å²) in [6.07, 6.45) is 0.704. The van der Waals surface area contributed by atoms with Crippen LogP contribution in [0, 0.1) is 26.6 Å². The Morgan fingerprint density at radius 2 is 1.83 bits per heavy atom. The van der Waals surface area contributed by atoms with E-state index in [1.807, 2.05) is 26.8 Å². The summed E-state index contributed by atoms with van der Waals surface area (Å²) in [4.78, 5) is 16.6. The van der Waals surface area contributed by atoms with E-state index in [0.717, 1.165) is 69.4 Å². The number of aromatic amines is 1. The van der Waals surface area contributed by atoms with Crippen molar-refractivity contribution in [3.8, 4) is 17.1 Å². The zero-order valence-electron chi connectivity index (χ0n) is 20.9. The van der Waals surface area contributed by atoms with Crippen LogP contribution in [0.2, 0.25) is 0 Å². The van der Waals surface area contributed by atoms with Gasteiger partial charge in [0.15, 0.2) is 5.82 Å². The molecule has 0 bridgehead atoms. The van der Waals surface area contributed by atoms with Crippen molar-refractivity contribution in [1.29, 1.82) is 0 Å². The van der Waals surface area contributed by atoms with E-state index in [0.29, 0.717) is 31.0 Å². The van der Waals surface area contributed by atoms with Crippen molar-refractivity contribution in [2.45, 2.75) is 34.1 Å². The van der Waals surface area contributed by atoms with Gasteiger partial charge in [-0.25, -0.2) is 19.3 Å². The fourth-order valence-electron chi connectivity index (χ4n) is 5.21. The molecular formula is C27H28FN7O. The van der Waals surface area contributed by atoms with Crippen molar-refractivity contribution in [2.24, 2.45) is 0 Å². The molecule has 6 rings (SSSR count). The number of fused-ring (bicyclic) bond motifs is 2. The first-order valence-corrected chi connectivity index (χ1v) is 12.3. The average molecular weight is 486 g/mol. The molecule has 0 amide bonds. The normalized spacial score (nSPS) is 14.3. The predicted molar refractivity (Wildman–Crippen MR) is 138 cm³/mol. The zero-order chi connectivity index (χ0) is 25.0. The second-order valence-corrected chi connectivity index (χ2v) is 9.22. The summed E-state index contributed by atoms with van der Waals surface area (Å²) in [6.45, 7) is 10.9. The van der Waals surface area contributed by atoms with E-state index >= 15 is 0 Å². The highest BCUT2D eigenvalue weighted by atomic mass is 19.1. The molecule has 2 aromatic carbocycles. The fourth-order valence-corrected chi connectivity index (χ4v) is 5.21. The third-order valence-corrected chi connectivity index (χ3v) is 6.96. The van der Waals surface area contributed by atoms with E-state index in [2.05, 4.69) is 48.7 Å². The van der Waals surface area contributed by atoms with Gasteiger partial charge in [0.05, 0.1) is 30.0 Å². The van der Waals surface area contributed by atoms with Crippen LogP contribution in [0.5, 0.6) is 0 Å².